The van der Waals surface area contributed by atoms with E-state index >= 15 is 0 Å². The van der Waals surface area contributed by atoms with E-state index in [1.165, 1.54) is 0 Å². The smallest absolute Gasteiger partial charge is 0.253 e. The van der Waals surface area contributed by atoms with Crippen LogP contribution in [0, 0.1) is 11.3 Å². The summed E-state index contributed by atoms with van der Waals surface area (Å²) < 4.78 is 0. The van der Waals surface area contributed by atoms with Crippen LogP contribution in [0.5, 0.6) is 0 Å². The molecule has 4 heteroatoms. The lowest BCUT2D eigenvalue weighted by Gasteiger charge is -2.22. The molecule has 1 amide bonds. The molecule has 1 aromatic rings. The quantitative estimate of drug-likeness (QED) is 0.784. The Balaban J connectivity index is 2.64. The molecule has 0 spiro atoms. The van der Waals surface area contributed by atoms with E-state index in [1.54, 1.807) is 24.3 Å². The van der Waals surface area contributed by atoms with Gasteiger partial charge in [-0.05, 0) is 58.3 Å². The first-order valence-corrected chi connectivity index (χ1v) is 6.52. The normalized spacial score (nSPS) is 10.3. The van der Waals surface area contributed by atoms with Crippen LogP contribution in [0.2, 0.25) is 0 Å². The topological polar surface area (TPSA) is 47.3 Å². The van der Waals surface area contributed by atoms with Crippen LogP contribution in [-0.4, -0.2) is 49.4 Å². The van der Waals surface area contributed by atoms with Crippen molar-refractivity contribution in [3.05, 3.63) is 35.4 Å². The maximum atomic E-state index is 12.3. The number of carbonyl (C=O) groups is 1. The highest BCUT2D eigenvalue weighted by Gasteiger charge is 2.13. The second-order valence-corrected chi connectivity index (χ2v) is 4.73. The first-order valence-electron chi connectivity index (χ1n) is 6.52. The summed E-state index contributed by atoms with van der Waals surface area (Å²) in [6.07, 6.45) is 0.961. The third-order valence-corrected chi connectivity index (χ3v) is 2.96. The van der Waals surface area contributed by atoms with Gasteiger partial charge < -0.3 is 9.80 Å². The van der Waals surface area contributed by atoms with E-state index in [0.29, 0.717) is 17.7 Å². The van der Waals surface area contributed by atoms with E-state index in [9.17, 15) is 4.79 Å². The molecule has 102 valence electrons. The molecule has 0 atom stereocenters. The molecule has 0 aliphatic rings. The minimum atomic E-state index is 0.0331. The largest absolute Gasteiger partial charge is 0.339 e. The van der Waals surface area contributed by atoms with Crippen molar-refractivity contribution < 1.29 is 4.79 Å². The van der Waals surface area contributed by atoms with Gasteiger partial charge in [-0.3, -0.25) is 4.79 Å². The minimum Gasteiger partial charge on any atom is -0.339 e. The molecule has 0 heterocycles. The van der Waals surface area contributed by atoms with Crippen LogP contribution < -0.4 is 0 Å². The predicted octanol–water partition coefficient (Wildman–Crippen LogP) is 1.97. The highest BCUT2D eigenvalue weighted by molar-refractivity contribution is 5.94. The van der Waals surface area contributed by atoms with Gasteiger partial charge in [0.1, 0.15) is 0 Å². The fourth-order valence-corrected chi connectivity index (χ4v) is 1.85. The first kappa shape index (κ1) is 15.2. The molecule has 0 radical (unpaired) electrons. The molecule has 0 aromatic heterocycles. The Bertz CT molecular complexity index is 445. The zero-order chi connectivity index (χ0) is 14.3. The number of benzene rings is 1. The van der Waals surface area contributed by atoms with E-state index in [4.69, 9.17) is 5.26 Å². The molecular weight excluding hydrogens is 238 g/mol. The van der Waals surface area contributed by atoms with Crippen molar-refractivity contribution in [2.45, 2.75) is 13.3 Å². The number of rotatable bonds is 6. The van der Waals surface area contributed by atoms with Crippen LogP contribution in [0.15, 0.2) is 24.3 Å². The van der Waals surface area contributed by atoms with Gasteiger partial charge >= 0.3 is 0 Å². The van der Waals surface area contributed by atoms with Gasteiger partial charge in [0.2, 0.25) is 0 Å². The second kappa shape index (κ2) is 7.55. The number of carbonyl (C=O) groups excluding carboxylic acids is 1. The van der Waals surface area contributed by atoms with Crippen molar-refractivity contribution in [1.29, 1.82) is 5.26 Å². The Hall–Kier alpha value is -1.86. The number of hydrogen-bond donors (Lipinski definition) is 0. The summed E-state index contributed by atoms with van der Waals surface area (Å²) in [5.74, 6) is 0.0331. The van der Waals surface area contributed by atoms with Crippen LogP contribution in [0.25, 0.3) is 0 Å². The molecule has 0 aliphatic heterocycles. The van der Waals surface area contributed by atoms with Gasteiger partial charge in [0, 0.05) is 18.7 Å². The first-order chi connectivity index (χ1) is 9.08. The zero-order valence-electron chi connectivity index (χ0n) is 11.9. The Morgan fingerprint density at radius 3 is 2.32 bits per heavy atom. The number of nitrogens with zero attached hydrogens (tertiary/aromatic N) is 3. The van der Waals surface area contributed by atoms with E-state index in [-0.39, 0.29) is 5.91 Å². The number of amides is 1. The van der Waals surface area contributed by atoms with Gasteiger partial charge in [0.25, 0.3) is 5.91 Å². The lowest BCUT2D eigenvalue weighted by molar-refractivity contribution is 0.0759. The maximum Gasteiger partial charge on any atom is 0.253 e. The molecule has 4 nitrogen and oxygen atoms in total. The van der Waals surface area contributed by atoms with Crippen molar-refractivity contribution in [2.24, 2.45) is 0 Å². The Kier molecular flexibility index (Phi) is 6.04. The molecule has 0 unspecified atom stereocenters. The molecule has 1 rings (SSSR count). The van der Waals surface area contributed by atoms with E-state index in [1.807, 2.05) is 25.9 Å². The van der Waals surface area contributed by atoms with Crippen molar-refractivity contribution in [1.82, 2.24) is 9.80 Å². The molecule has 0 bridgehead atoms. The van der Waals surface area contributed by atoms with Gasteiger partial charge in [-0.2, -0.15) is 5.26 Å². The highest BCUT2D eigenvalue weighted by Crippen LogP contribution is 2.08. The van der Waals surface area contributed by atoms with Crippen molar-refractivity contribution in [3.8, 4) is 6.07 Å². The third kappa shape index (κ3) is 4.72. The Morgan fingerprint density at radius 2 is 1.84 bits per heavy atom. The Morgan fingerprint density at radius 1 is 1.21 bits per heavy atom. The van der Waals surface area contributed by atoms with Gasteiger partial charge in [0.05, 0.1) is 11.6 Å². The van der Waals surface area contributed by atoms with Crippen molar-refractivity contribution in [3.63, 3.8) is 0 Å². The lowest BCUT2D eigenvalue weighted by Crippen LogP contribution is -2.33. The summed E-state index contributed by atoms with van der Waals surface area (Å²) in [7, 11) is 4.05. The molecule has 0 aliphatic carbocycles. The summed E-state index contributed by atoms with van der Waals surface area (Å²) in [5.41, 5.74) is 1.22. The summed E-state index contributed by atoms with van der Waals surface area (Å²) >= 11 is 0. The summed E-state index contributed by atoms with van der Waals surface area (Å²) in [6, 6.07) is 8.85. The van der Waals surface area contributed by atoms with Crippen LogP contribution in [0.1, 0.15) is 29.3 Å². The average molecular weight is 259 g/mol. The zero-order valence-corrected chi connectivity index (χ0v) is 11.9. The predicted molar refractivity (Wildman–Crippen MR) is 75.9 cm³/mol. The SMILES string of the molecule is CCN(CCCN(C)C)C(=O)c1ccc(C#N)cc1. The van der Waals surface area contributed by atoms with E-state index in [0.717, 1.165) is 19.5 Å². The highest BCUT2D eigenvalue weighted by atomic mass is 16.2. The molecule has 0 N–H and O–H groups in total. The summed E-state index contributed by atoms with van der Waals surface area (Å²) in [4.78, 5) is 16.2. The average Bonchev–Trinajstić information content (AvgIpc) is 2.43. The second-order valence-electron chi connectivity index (χ2n) is 4.73. The molecule has 0 saturated heterocycles. The molecule has 0 fully saturated rings. The molecule has 19 heavy (non-hydrogen) atoms. The fraction of sp³-hybridized carbons (Fsp3) is 0.467. The van der Waals surface area contributed by atoms with Crippen LogP contribution in [-0.2, 0) is 0 Å². The van der Waals surface area contributed by atoms with Crippen LogP contribution in [0.3, 0.4) is 0 Å². The van der Waals surface area contributed by atoms with Crippen molar-refractivity contribution in [2.75, 3.05) is 33.7 Å². The molecule has 1 aromatic carbocycles. The molecular formula is C15H21N3O. The third-order valence-electron chi connectivity index (χ3n) is 2.96. The van der Waals surface area contributed by atoms with E-state index in [2.05, 4.69) is 11.0 Å². The fourth-order valence-electron chi connectivity index (χ4n) is 1.85. The minimum absolute atomic E-state index is 0.0331. The maximum absolute atomic E-state index is 12.3. The Labute approximate surface area is 115 Å². The molecule has 0 saturated carbocycles. The standard InChI is InChI=1S/C15H21N3O/c1-4-18(11-5-10-17(2)3)15(19)14-8-6-13(12-16)7-9-14/h6-9H,4-5,10-11H2,1-3H3. The van der Waals surface area contributed by atoms with Gasteiger partial charge in [-0.25, -0.2) is 0 Å². The van der Waals surface area contributed by atoms with Gasteiger partial charge in [-0.1, -0.05) is 0 Å². The van der Waals surface area contributed by atoms with Gasteiger partial charge in [-0.15, -0.1) is 0 Å². The van der Waals surface area contributed by atoms with Crippen molar-refractivity contribution >= 4 is 5.91 Å². The number of nitriles is 1. The van der Waals surface area contributed by atoms with Crippen LogP contribution in [0.4, 0.5) is 0 Å². The summed E-state index contributed by atoms with van der Waals surface area (Å²) in [5, 5.41) is 8.74. The van der Waals surface area contributed by atoms with Gasteiger partial charge in [0.15, 0.2) is 0 Å². The van der Waals surface area contributed by atoms with Crippen LogP contribution >= 0.6 is 0 Å². The monoisotopic (exact) mass is 259 g/mol. The lowest BCUT2D eigenvalue weighted by atomic mass is 10.1. The summed E-state index contributed by atoms with van der Waals surface area (Å²) in [6.45, 7) is 4.41. The number of hydrogen-bond acceptors (Lipinski definition) is 3. The van der Waals surface area contributed by atoms with E-state index < -0.39 is 0 Å².